The summed E-state index contributed by atoms with van der Waals surface area (Å²) in [6.07, 6.45) is -8.78. The molecular weight excluding hydrogens is 549 g/mol. The van der Waals surface area contributed by atoms with E-state index >= 15 is 0 Å². The Morgan fingerprint density at radius 2 is 1.75 bits per heavy atom. The van der Waals surface area contributed by atoms with Gasteiger partial charge in [-0.25, -0.2) is 14.2 Å². The van der Waals surface area contributed by atoms with Gasteiger partial charge in [0.15, 0.2) is 0 Å². The zero-order valence-electron chi connectivity index (χ0n) is 20.9. The summed E-state index contributed by atoms with van der Waals surface area (Å²) in [6.45, 7) is 2.90. The lowest BCUT2D eigenvalue weighted by Gasteiger charge is -2.25. The van der Waals surface area contributed by atoms with Crippen LogP contribution in [0.3, 0.4) is 0 Å². The highest BCUT2D eigenvalue weighted by Crippen LogP contribution is 2.34. The van der Waals surface area contributed by atoms with E-state index in [1.54, 1.807) is 13.8 Å². The van der Waals surface area contributed by atoms with E-state index in [0.29, 0.717) is 17.0 Å². The molecule has 40 heavy (non-hydrogen) atoms. The second-order valence-corrected chi connectivity index (χ2v) is 9.65. The minimum absolute atomic E-state index is 0.150. The van der Waals surface area contributed by atoms with Gasteiger partial charge in [0.05, 0.1) is 29.8 Å². The number of carbonyl (C=O) groups excluding carboxylic acids is 2. The first-order valence-corrected chi connectivity index (χ1v) is 11.5. The third-order valence-electron chi connectivity index (χ3n) is 5.88. The molecule has 0 saturated carbocycles. The number of aromatic nitrogens is 2. The van der Waals surface area contributed by atoms with Crippen LogP contribution in [0.1, 0.15) is 40.9 Å². The highest BCUT2D eigenvalue weighted by molar-refractivity contribution is 6.08. The summed E-state index contributed by atoms with van der Waals surface area (Å²) in [4.78, 5) is 35.7. The molecule has 1 aliphatic heterocycles. The van der Waals surface area contributed by atoms with Crippen molar-refractivity contribution in [1.82, 2.24) is 15.3 Å². The molecule has 15 heteroatoms. The molecule has 1 aliphatic rings. The fourth-order valence-corrected chi connectivity index (χ4v) is 4.07. The van der Waals surface area contributed by atoms with Crippen molar-refractivity contribution in [2.75, 3.05) is 22.1 Å². The SMILES string of the molecule is CC1(C)CN(c2ncc(C(=O)N(Cc3cc(F)cc(C(F)(F)F)c3)c3cccc(C(F)(F)F)c3)c(N)n2)C(=O)N1. The van der Waals surface area contributed by atoms with E-state index in [-0.39, 0.29) is 29.8 Å². The van der Waals surface area contributed by atoms with Crippen LogP contribution < -0.4 is 20.9 Å². The van der Waals surface area contributed by atoms with Crippen molar-refractivity contribution in [3.05, 3.63) is 76.7 Å². The fraction of sp³-hybridized carbons (Fsp3) is 0.280. The molecule has 2 aromatic carbocycles. The normalized spacial score (nSPS) is 15.2. The van der Waals surface area contributed by atoms with Crippen LogP contribution >= 0.6 is 0 Å². The van der Waals surface area contributed by atoms with Gasteiger partial charge in [-0.15, -0.1) is 0 Å². The van der Waals surface area contributed by atoms with Gasteiger partial charge in [0.1, 0.15) is 17.2 Å². The average Bonchev–Trinajstić information content (AvgIpc) is 3.12. The fourth-order valence-electron chi connectivity index (χ4n) is 4.07. The topological polar surface area (TPSA) is 104 Å². The van der Waals surface area contributed by atoms with Gasteiger partial charge in [-0.1, -0.05) is 6.07 Å². The van der Waals surface area contributed by atoms with Crippen LogP contribution in [0.15, 0.2) is 48.7 Å². The van der Waals surface area contributed by atoms with E-state index in [1.165, 1.54) is 4.90 Å². The summed E-state index contributed by atoms with van der Waals surface area (Å²) >= 11 is 0. The van der Waals surface area contributed by atoms with Crippen molar-refractivity contribution in [2.45, 2.75) is 38.3 Å². The van der Waals surface area contributed by atoms with E-state index in [9.17, 15) is 40.3 Å². The zero-order valence-corrected chi connectivity index (χ0v) is 20.9. The standard InChI is InChI=1S/C25H21F7N6O2/c1-23(2)12-38(22(40)36-23)21-34-10-18(19(33)35-21)20(39)37(17-5-3-4-14(9-17)24(27,28)29)11-13-6-15(25(30,31)32)8-16(26)7-13/h3-10H,11-12H2,1-2H3,(H,36,40)(H2,33,34,35). The summed E-state index contributed by atoms with van der Waals surface area (Å²) < 4.78 is 94.1. The van der Waals surface area contributed by atoms with Crippen LogP contribution in [0, 0.1) is 5.82 Å². The zero-order chi connectivity index (χ0) is 29.6. The monoisotopic (exact) mass is 570 g/mol. The van der Waals surface area contributed by atoms with Crippen LogP contribution in [-0.4, -0.2) is 34.0 Å². The Morgan fingerprint density at radius 1 is 1.07 bits per heavy atom. The van der Waals surface area contributed by atoms with Gasteiger partial charge >= 0.3 is 18.4 Å². The Bertz CT molecular complexity index is 1470. The molecule has 0 spiro atoms. The Labute approximate surface area is 222 Å². The first kappa shape index (κ1) is 28.6. The maximum atomic E-state index is 14.1. The third-order valence-corrected chi connectivity index (χ3v) is 5.88. The Kier molecular flexibility index (Phi) is 7.11. The number of nitrogens with zero attached hydrogens (tertiary/aromatic N) is 4. The first-order valence-electron chi connectivity index (χ1n) is 11.5. The van der Waals surface area contributed by atoms with Gasteiger partial charge in [0.2, 0.25) is 5.95 Å². The Hall–Kier alpha value is -4.43. The highest BCUT2D eigenvalue weighted by atomic mass is 19.4. The number of nitrogens with two attached hydrogens (primary N) is 1. The van der Waals surface area contributed by atoms with Crippen molar-refractivity contribution in [1.29, 1.82) is 0 Å². The number of hydrogen-bond acceptors (Lipinski definition) is 5. The summed E-state index contributed by atoms with van der Waals surface area (Å²) in [6, 6.07) is 4.50. The Balaban J connectivity index is 1.76. The maximum Gasteiger partial charge on any atom is 0.416 e. The summed E-state index contributed by atoms with van der Waals surface area (Å²) in [5, 5.41) is 2.69. The molecule has 1 fully saturated rings. The molecule has 8 nitrogen and oxygen atoms in total. The number of rotatable bonds is 5. The molecule has 3 aromatic rings. The van der Waals surface area contributed by atoms with Crippen LogP contribution in [0.2, 0.25) is 0 Å². The number of benzene rings is 2. The van der Waals surface area contributed by atoms with Crippen molar-refractivity contribution < 1.29 is 40.3 Å². The molecule has 212 valence electrons. The number of amides is 3. The molecule has 3 amide bonds. The van der Waals surface area contributed by atoms with Crippen molar-refractivity contribution in [3.8, 4) is 0 Å². The maximum absolute atomic E-state index is 14.1. The predicted molar refractivity (Wildman–Crippen MR) is 130 cm³/mol. The van der Waals surface area contributed by atoms with Gasteiger partial charge in [-0.05, 0) is 55.8 Å². The van der Waals surface area contributed by atoms with Crippen molar-refractivity contribution >= 4 is 29.4 Å². The number of hydrogen-bond donors (Lipinski definition) is 2. The quantitative estimate of drug-likeness (QED) is 0.401. The molecule has 0 atom stereocenters. The van der Waals surface area contributed by atoms with Gasteiger partial charge in [0.25, 0.3) is 5.91 Å². The molecule has 2 heterocycles. The van der Waals surface area contributed by atoms with Gasteiger partial charge < -0.3 is 16.0 Å². The van der Waals surface area contributed by atoms with E-state index in [0.717, 1.165) is 30.5 Å². The molecule has 1 aromatic heterocycles. The molecule has 1 saturated heterocycles. The number of nitrogens with one attached hydrogen (secondary N) is 1. The largest absolute Gasteiger partial charge is 0.416 e. The summed E-state index contributed by atoms with van der Waals surface area (Å²) in [5.41, 5.74) is 1.74. The number of urea groups is 1. The summed E-state index contributed by atoms with van der Waals surface area (Å²) in [5.74, 6) is -2.94. The first-order chi connectivity index (χ1) is 18.4. The van der Waals surface area contributed by atoms with Gasteiger partial charge in [-0.3, -0.25) is 9.69 Å². The number of anilines is 3. The van der Waals surface area contributed by atoms with E-state index in [1.807, 2.05) is 0 Å². The van der Waals surface area contributed by atoms with Crippen LogP contribution in [0.25, 0.3) is 0 Å². The van der Waals surface area contributed by atoms with Crippen LogP contribution in [-0.2, 0) is 18.9 Å². The van der Waals surface area contributed by atoms with Crippen molar-refractivity contribution in [2.24, 2.45) is 0 Å². The van der Waals surface area contributed by atoms with Crippen LogP contribution in [0.5, 0.6) is 0 Å². The highest BCUT2D eigenvalue weighted by Gasteiger charge is 2.38. The smallest absolute Gasteiger partial charge is 0.383 e. The molecule has 0 radical (unpaired) electrons. The van der Waals surface area contributed by atoms with E-state index in [4.69, 9.17) is 5.73 Å². The summed E-state index contributed by atoms with van der Waals surface area (Å²) in [7, 11) is 0. The van der Waals surface area contributed by atoms with Gasteiger partial charge in [0, 0.05) is 11.9 Å². The van der Waals surface area contributed by atoms with Gasteiger partial charge in [-0.2, -0.15) is 31.3 Å². The number of alkyl halides is 6. The third kappa shape index (κ3) is 6.07. The van der Waals surface area contributed by atoms with E-state index in [2.05, 4.69) is 15.3 Å². The van der Waals surface area contributed by atoms with Crippen molar-refractivity contribution in [3.63, 3.8) is 0 Å². The minimum atomic E-state index is -4.92. The second-order valence-electron chi connectivity index (χ2n) is 9.65. The predicted octanol–water partition coefficient (Wildman–Crippen LogP) is 5.39. The second kappa shape index (κ2) is 9.95. The van der Waals surface area contributed by atoms with Crippen LogP contribution in [0.4, 0.5) is 53.0 Å². The molecule has 3 N–H and O–H groups in total. The number of halogens is 7. The molecule has 0 unspecified atom stereocenters. The van der Waals surface area contributed by atoms with E-state index < -0.39 is 64.7 Å². The molecular formula is C25H21F7N6O2. The Morgan fingerprint density at radius 3 is 2.33 bits per heavy atom. The number of nitrogen functional groups attached to an aromatic ring is 1. The molecule has 0 bridgehead atoms. The minimum Gasteiger partial charge on any atom is -0.383 e. The molecule has 0 aliphatic carbocycles. The number of carbonyl (C=O) groups is 2. The average molecular weight is 570 g/mol. The lowest BCUT2D eigenvalue weighted by Crippen LogP contribution is -2.36. The molecule has 4 rings (SSSR count). The lowest BCUT2D eigenvalue weighted by molar-refractivity contribution is -0.138. The lowest BCUT2D eigenvalue weighted by atomic mass is 10.1.